The van der Waals surface area contributed by atoms with E-state index in [1.807, 2.05) is 30.3 Å². The molecule has 1 aromatic carbocycles. The van der Waals surface area contributed by atoms with E-state index in [1.165, 1.54) is 10.5 Å². The van der Waals surface area contributed by atoms with Crippen molar-refractivity contribution >= 4 is 10.0 Å². The minimum absolute atomic E-state index is 0.204. The normalized spacial score (nSPS) is 21.3. The van der Waals surface area contributed by atoms with Crippen molar-refractivity contribution in [1.29, 1.82) is 0 Å². The largest absolute Gasteiger partial charge is 0.347 e. The Hall–Kier alpha value is -1.74. The predicted molar refractivity (Wildman–Crippen MR) is 86.2 cm³/mol. The van der Waals surface area contributed by atoms with Crippen molar-refractivity contribution in [2.45, 2.75) is 23.5 Å². The van der Waals surface area contributed by atoms with Crippen LogP contribution in [0.5, 0.6) is 0 Å². The molecule has 0 unspecified atom stereocenters. The van der Waals surface area contributed by atoms with Gasteiger partial charge in [0.15, 0.2) is 5.79 Å². The number of sulfonamides is 1. The lowest BCUT2D eigenvalue weighted by atomic mass is 10.1. The molecule has 0 radical (unpaired) electrons. The van der Waals surface area contributed by atoms with E-state index >= 15 is 0 Å². The van der Waals surface area contributed by atoms with Crippen LogP contribution in [0.2, 0.25) is 0 Å². The van der Waals surface area contributed by atoms with Gasteiger partial charge in [-0.05, 0) is 12.1 Å². The summed E-state index contributed by atoms with van der Waals surface area (Å²) in [6, 6.07) is 9.43. The smallest absolute Gasteiger partial charge is 0.246 e. The summed E-state index contributed by atoms with van der Waals surface area (Å²) in [6.07, 6.45) is 4.06. The first kappa shape index (κ1) is 15.8. The summed E-state index contributed by atoms with van der Waals surface area (Å²) in [4.78, 5) is 0.204. The first-order chi connectivity index (χ1) is 11.6. The number of hydrogen-bond acceptors (Lipinski definition) is 5. The summed E-state index contributed by atoms with van der Waals surface area (Å²) in [6.45, 7) is 1.94. The van der Waals surface area contributed by atoms with Gasteiger partial charge in [-0.25, -0.2) is 13.1 Å². The van der Waals surface area contributed by atoms with Gasteiger partial charge in [0, 0.05) is 25.9 Å². The number of benzene rings is 1. The van der Waals surface area contributed by atoms with Crippen LogP contribution in [0.4, 0.5) is 0 Å². The molecular weight excluding hydrogens is 330 g/mol. The van der Waals surface area contributed by atoms with E-state index in [0.717, 1.165) is 5.69 Å². The lowest BCUT2D eigenvalue weighted by Crippen LogP contribution is -2.47. The fourth-order valence-electron chi connectivity index (χ4n) is 3.16. The molecule has 2 fully saturated rings. The highest BCUT2D eigenvalue weighted by Gasteiger charge is 2.42. The first-order valence-corrected chi connectivity index (χ1v) is 9.41. The number of nitrogens with zero attached hydrogens (tertiary/aromatic N) is 3. The van der Waals surface area contributed by atoms with Gasteiger partial charge in [-0.15, -0.1) is 0 Å². The van der Waals surface area contributed by atoms with Crippen molar-refractivity contribution in [3.05, 3.63) is 42.7 Å². The van der Waals surface area contributed by atoms with Gasteiger partial charge in [0.05, 0.1) is 31.3 Å². The van der Waals surface area contributed by atoms with Gasteiger partial charge in [-0.1, -0.05) is 18.2 Å². The van der Waals surface area contributed by atoms with Crippen LogP contribution in [0.15, 0.2) is 47.6 Å². The molecule has 0 amide bonds. The molecule has 0 bridgehead atoms. The van der Waals surface area contributed by atoms with E-state index in [9.17, 15) is 8.42 Å². The van der Waals surface area contributed by atoms with Crippen molar-refractivity contribution in [2.75, 3.05) is 26.3 Å². The molecule has 0 atom stereocenters. The van der Waals surface area contributed by atoms with Crippen molar-refractivity contribution < 1.29 is 17.9 Å². The number of ether oxygens (including phenoxy) is 2. The van der Waals surface area contributed by atoms with E-state index in [1.54, 1.807) is 10.9 Å². The Morgan fingerprint density at radius 2 is 1.71 bits per heavy atom. The summed E-state index contributed by atoms with van der Waals surface area (Å²) in [5.41, 5.74) is 0.823. The zero-order chi connectivity index (χ0) is 16.6. The van der Waals surface area contributed by atoms with Crippen LogP contribution in [0.1, 0.15) is 12.8 Å². The minimum atomic E-state index is -3.56. The molecule has 2 aliphatic rings. The van der Waals surface area contributed by atoms with Crippen LogP contribution in [0.3, 0.4) is 0 Å². The maximum atomic E-state index is 12.8. The molecule has 1 aromatic heterocycles. The van der Waals surface area contributed by atoms with Gasteiger partial charge in [0.2, 0.25) is 10.0 Å². The van der Waals surface area contributed by atoms with E-state index in [0.29, 0.717) is 39.1 Å². The Balaban J connectivity index is 1.52. The van der Waals surface area contributed by atoms with Crippen LogP contribution in [-0.2, 0) is 19.5 Å². The van der Waals surface area contributed by atoms with E-state index < -0.39 is 15.8 Å². The second-order valence-corrected chi connectivity index (χ2v) is 7.91. The lowest BCUT2D eigenvalue weighted by Gasteiger charge is -2.36. The maximum Gasteiger partial charge on any atom is 0.246 e. The zero-order valence-electron chi connectivity index (χ0n) is 13.2. The highest BCUT2D eigenvalue weighted by molar-refractivity contribution is 7.89. The van der Waals surface area contributed by atoms with Crippen molar-refractivity contribution in [3.8, 4) is 5.69 Å². The fraction of sp³-hybridized carbons (Fsp3) is 0.438. The predicted octanol–water partition coefficient (Wildman–Crippen LogP) is 1.40. The van der Waals surface area contributed by atoms with E-state index in [4.69, 9.17) is 9.47 Å². The minimum Gasteiger partial charge on any atom is -0.347 e. The van der Waals surface area contributed by atoms with Crippen molar-refractivity contribution in [3.63, 3.8) is 0 Å². The molecule has 0 aliphatic carbocycles. The molecule has 0 saturated carbocycles. The second kappa shape index (κ2) is 5.96. The van der Waals surface area contributed by atoms with E-state index in [-0.39, 0.29) is 4.90 Å². The number of para-hydroxylation sites is 1. The average Bonchev–Trinajstić information content (AvgIpc) is 3.27. The Morgan fingerprint density at radius 3 is 2.38 bits per heavy atom. The summed E-state index contributed by atoms with van der Waals surface area (Å²) >= 11 is 0. The third kappa shape index (κ3) is 2.75. The van der Waals surface area contributed by atoms with Crippen LogP contribution in [0.25, 0.3) is 5.69 Å². The number of rotatable bonds is 3. The highest BCUT2D eigenvalue weighted by atomic mass is 32.2. The Bertz CT molecular complexity index is 803. The molecule has 1 spiro atoms. The topological polar surface area (TPSA) is 73.7 Å². The molecule has 8 heteroatoms. The molecular formula is C16H19N3O4S. The number of hydrogen-bond donors (Lipinski definition) is 0. The zero-order valence-corrected chi connectivity index (χ0v) is 14.0. The Morgan fingerprint density at radius 1 is 1.04 bits per heavy atom. The third-order valence-corrected chi connectivity index (χ3v) is 6.37. The summed E-state index contributed by atoms with van der Waals surface area (Å²) in [7, 11) is -3.56. The van der Waals surface area contributed by atoms with Gasteiger partial charge in [-0.2, -0.15) is 9.40 Å². The third-order valence-electron chi connectivity index (χ3n) is 4.52. The summed E-state index contributed by atoms with van der Waals surface area (Å²) in [5.74, 6) is -0.583. The highest BCUT2D eigenvalue weighted by Crippen LogP contribution is 2.33. The fourth-order valence-corrected chi connectivity index (χ4v) is 4.54. The van der Waals surface area contributed by atoms with Crippen LogP contribution >= 0.6 is 0 Å². The molecule has 3 heterocycles. The maximum absolute atomic E-state index is 12.8. The number of piperidine rings is 1. The Kier molecular flexibility index (Phi) is 3.92. The van der Waals surface area contributed by atoms with Gasteiger partial charge < -0.3 is 9.47 Å². The lowest BCUT2D eigenvalue weighted by molar-refractivity contribution is -0.179. The van der Waals surface area contributed by atoms with Crippen LogP contribution in [0, 0.1) is 0 Å². The van der Waals surface area contributed by atoms with Gasteiger partial charge in [0.1, 0.15) is 4.90 Å². The molecule has 2 aromatic rings. The van der Waals surface area contributed by atoms with Gasteiger partial charge >= 0.3 is 0 Å². The average molecular weight is 349 g/mol. The Labute approximate surface area is 140 Å². The SMILES string of the molecule is O=S(=O)(c1cnn(-c2ccccc2)c1)N1CCC2(CC1)OCCO2. The molecule has 2 saturated heterocycles. The summed E-state index contributed by atoms with van der Waals surface area (Å²) < 4.78 is 40.0. The van der Waals surface area contributed by atoms with Gasteiger partial charge in [0.25, 0.3) is 0 Å². The quantitative estimate of drug-likeness (QED) is 0.837. The standard InChI is InChI=1S/C16H19N3O4S/c20-24(21,18-8-6-16(7-9-18)22-10-11-23-16)15-12-17-19(13-15)14-4-2-1-3-5-14/h1-5,12-13H,6-11H2. The van der Waals surface area contributed by atoms with Crippen LogP contribution in [-0.4, -0.2) is 54.6 Å². The van der Waals surface area contributed by atoms with Crippen LogP contribution < -0.4 is 0 Å². The van der Waals surface area contributed by atoms with Gasteiger partial charge in [-0.3, -0.25) is 0 Å². The van der Waals surface area contributed by atoms with Crippen molar-refractivity contribution in [2.24, 2.45) is 0 Å². The van der Waals surface area contributed by atoms with Crippen molar-refractivity contribution in [1.82, 2.24) is 14.1 Å². The molecule has 2 aliphatic heterocycles. The van der Waals surface area contributed by atoms with E-state index in [2.05, 4.69) is 5.10 Å². The monoisotopic (exact) mass is 349 g/mol. The molecule has 24 heavy (non-hydrogen) atoms. The first-order valence-electron chi connectivity index (χ1n) is 7.97. The summed E-state index contributed by atoms with van der Waals surface area (Å²) in [5, 5.41) is 4.18. The molecule has 7 nitrogen and oxygen atoms in total. The second-order valence-electron chi connectivity index (χ2n) is 5.97. The molecule has 4 rings (SSSR count). The molecule has 0 N–H and O–H groups in total. The molecule has 128 valence electrons. The number of aromatic nitrogens is 2.